The van der Waals surface area contributed by atoms with E-state index >= 15 is 0 Å². The van der Waals surface area contributed by atoms with Crippen LogP contribution < -0.4 is 10.5 Å². The van der Waals surface area contributed by atoms with Crippen molar-refractivity contribution in [3.8, 4) is 5.88 Å². The molecule has 0 aliphatic carbocycles. The highest BCUT2D eigenvalue weighted by atomic mass is 19.4. The Morgan fingerprint density at radius 2 is 1.72 bits per heavy atom. The van der Waals surface area contributed by atoms with Gasteiger partial charge < -0.3 is 10.5 Å². The van der Waals surface area contributed by atoms with E-state index in [2.05, 4.69) is 9.72 Å². The maximum absolute atomic E-state index is 12.3. The van der Waals surface area contributed by atoms with Crippen LogP contribution in [0.15, 0.2) is 12.1 Å². The second kappa shape index (κ2) is 4.91. The smallest absolute Gasteiger partial charge is 0.416 e. The number of alkyl halides is 6. The number of nitrogens with zero attached hydrogens (tertiary/aromatic N) is 1. The molecule has 1 aromatic heterocycles. The highest BCUT2D eigenvalue weighted by Crippen LogP contribution is 2.32. The largest absolute Gasteiger partial charge is 0.477 e. The van der Waals surface area contributed by atoms with Crippen LogP contribution in [-0.2, 0) is 6.18 Å². The third-order valence-corrected chi connectivity index (χ3v) is 1.78. The van der Waals surface area contributed by atoms with Gasteiger partial charge in [-0.25, -0.2) is 0 Å². The van der Waals surface area contributed by atoms with Crippen LogP contribution in [-0.4, -0.2) is 17.8 Å². The van der Waals surface area contributed by atoms with Crippen molar-refractivity contribution in [2.45, 2.75) is 18.8 Å². The molecule has 0 aliphatic heterocycles. The Morgan fingerprint density at radius 3 is 2.22 bits per heavy atom. The van der Waals surface area contributed by atoms with E-state index in [1.807, 2.05) is 0 Å². The van der Waals surface area contributed by atoms with Crippen molar-refractivity contribution in [1.82, 2.24) is 4.98 Å². The second-order valence-corrected chi connectivity index (χ2v) is 3.33. The number of hydrogen-bond acceptors (Lipinski definition) is 3. The highest BCUT2D eigenvalue weighted by Gasteiger charge is 2.32. The highest BCUT2D eigenvalue weighted by molar-refractivity contribution is 5.38. The van der Waals surface area contributed by atoms with Crippen molar-refractivity contribution in [3.05, 3.63) is 17.7 Å². The van der Waals surface area contributed by atoms with E-state index in [1.165, 1.54) is 0 Å². The van der Waals surface area contributed by atoms with Crippen molar-refractivity contribution in [2.24, 2.45) is 0 Å². The molecule has 1 rings (SSSR count). The monoisotopic (exact) mass is 274 g/mol. The predicted octanol–water partition coefficient (Wildman–Crippen LogP) is 3.01. The third kappa shape index (κ3) is 4.68. The maximum atomic E-state index is 12.3. The minimum absolute atomic E-state index is 0.480. The summed E-state index contributed by atoms with van der Waals surface area (Å²) in [6, 6.07) is 1.06. The van der Waals surface area contributed by atoms with Gasteiger partial charge in [-0.1, -0.05) is 0 Å². The number of halogens is 6. The molecule has 0 unspecified atom stereocenters. The lowest BCUT2D eigenvalue weighted by Crippen LogP contribution is -2.14. The number of ether oxygens (including phenoxy) is 1. The number of pyridine rings is 1. The van der Waals surface area contributed by atoms with Crippen molar-refractivity contribution in [2.75, 3.05) is 12.3 Å². The Kier molecular flexibility index (Phi) is 3.92. The van der Waals surface area contributed by atoms with Crippen LogP contribution in [0.5, 0.6) is 5.88 Å². The standard InChI is InChI=1S/C9H8F6N2O/c10-8(11,12)1-2-18-7-4-5(9(13,14)15)3-6(16)17-7/h3-4H,1-2H2,(H2,16,17). The number of anilines is 1. The van der Waals surface area contributed by atoms with E-state index in [4.69, 9.17) is 5.73 Å². The molecule has 0 aromatic carbocycles. The van der Waals surface area contributed by atoms with Gasteiger partial charge in [0.25, 0.3) is 0 Å². The Hall–Kier alpha value is -1.67. The molecule has 0 radical (unpaired) electrons. The molecule has 0 aliphatic rings. The molecule has 0 saturated carbocycles. The Bertz CT molecular complexity index is 414. The topological polar surface area (TPSA) is 48.1 Å². The van der Waals surface area contributed by atoms with E-state index in [1.54, 1.807) is 0 Å². The molecular formula is C9H8F6N2O. The molecule has 9 heteroatoms. The van der Waals surface area contributed by atoms with E-state index in [0.29, 0.717) is 12.1 Å². The molecule has 3 nitrogen and oxygen atoms in total. The van der Waals surface area contributed by atoms with E-state index in [0.717, 1.165) is 0 Å². The van der Waals surface area contributed by atoms with Gasteiger partial charge in [-0.05, 0) is 6.07 Å². The summed E-state index contributed by atoms with van der Waals surface area (Å²) in [5.41, 5.74) is 3.97. The molecule has 18 heavy (non-hydrogen) atoms. The zero-order chi connectivity index (χ0) is 14.0. The van der Waals surface area contributed by atoms with Gasteiger partial charge in [0.15, 0.2) is 0 Å². The van der Waals surface area contributed by atoms with Crippen LogP contribution in [0.1, 0.15) is 12.0 Å². The van der Waals surface area contributed by atoms with Gasteiger partial charge in [0.2, 0.25) is 5.88 Å². The van der Waals surface area contributed by atoms with Crippen LogP contribution in [0, 0.1) is 0 Å². The lowest BCUT2D eigenvalue weighted by Gasteiger charge is -2.11. The zero-order valence-corrected chi connectivity index (χ0v) is 8.77. The van der Waals surface area contributed by atoms with Crippen LogP contribution in [0.3, 0.4) is 0 Å². The summed E-state index contributed by atoms with van der Waals surface area (Å²) in [7, 11) is 0. The Labute approximate surface area is 97.6 Å². The van der Waals surface area contributed by atoms with Gasteiger partial charge in [-0.3, -0.25) is 0 Å². The fourth-order valence-corrected chi connectivity index (χ4v) is 1.03. The van der Waals surface area contributed by atoms with Crippen molar-refractivity contribution < 1.29 is 31.1 Å². The zero-order valence-electron chi connectivity index (χ0n) is 8.77. The van der Waals surface area contributed by atoms with Gasteiger partial charge in [0, 0.05) is 6.07 Å². The van der Waals surface area contributed by atoms with Crippen molar-refractivity contribution in [3.63, 3.8) is 0 Å². The lowest BCUT2D eigenvalue weighted by molar-refractivity contribution is -0.141. The van der Waals surface area contributed by atoms with Gasteiger partial charge in [0.05, 0.1) is 18.6 Å². The normalized spacial score (nSPS) is 12.6. The quantitative estimate of drug-likeness (QED) is 0.862. The molecule has 0 amide bonds. The molecule has 0 bridgehead atoms. The minimum atomic E-state index is -4.67. The Morgan fingerprint density at radius 1 is 1.11 bits per heavy atom. The lowest BCUT2D eigenvalue weighted by atomic mass is 10.2. The fraction of sp³-hybridized carbons (Fsp3) is 0.444. The minimum Gasteiger partial charge on any atom is -0.477 e. The third-order valence-electron chi connectivity index (χ3n) is 1.78. The van der Waals surface area contributed by atoms with Crippen molar-refractivity contribution >= 4 is 5.82 Å². The SMILES string of the molecule is Nc1cc(C(F)(F)F)cc(OCCC(F)(F)F)n1. The van der Waals surface area contributed by atoms with Gasteiger partial charge in [-0.2, -0.15) is 31.3 Å². The maximum Gasteiger partial charge on any atom is 0.416 e. The van der Waals surface area contributed by atoms with E-state index < -0.39 is 42.6 Å². The summed E-state index contributed by atoms with van der Waals surface area (Å²) in [5, 5.41) is 0. The molecule has 102 valence electrons. The summed E-state index contributed by atoms with van der Waals surface area (Å²) in [6.07, 6.45) is -10.4. The summed E-state index contributed by atoms with van der Waals surface area (Å²) < 4.78 is 76.9. The molecular weight excluding hydrogens is 266 g/mol. The molecule has 0 fully saturated rings. The average Bonchev–Trinajstić information content (AvgIpc) is 2.13. The first-order chi connectivity index (χ1) is 8.08. The van der Waals surface area contributed by atoms with Gasteiger partial charge in [0.1, 0.15) is 5.82 Å². The fourth-order valence-electron chi connectivity index (χ4n) is 1.03. The molecule has 0 spiro atoms. The van der Waals surface area contributed by atoms with Crippen molar-refractivity contribution in [1.29, 1.82) is 0 Å². The second-order valence-electron chi connectivity index (χ2n) is 3.33. The molecule has 1 heterocycles. The summed E-state index contributed by atoms with van der Waals surface area (Å²) >= 11 is 0. The predicted molar refractivity (Wildman–Crippen MR) is 49.8 cm³/mol. The average molecular weight is 274 g/mol. The van der Waals surface area contributed by atoms with Gasteiger partial charge in [-0.15, -0.1) is 0 Å². The summed E-state index contributed by atoms with van der Waals surface area (Å²) in [5.74, 6) is -1.07. The summed E-state index contributed by atoms with van der Waals surface area (Å²) in [6.45, 7) is -0.822. The molecule has 0 atom stereocenters. The summed E-state index contributed by atoms with van der Waals surface area (Å²) in [4.78, 5) is 3.36. The van der Waals surface area contributed by atoms with Gasteiger partial charge >= 0.3 is 12.4 Å². The van der Waals surface area contributed by atoms with Crippen LogP contribution in [0.25, 0.3) is 0 Å². The van der Waals surface area contributed by atoms with E-state index in [9.17, 15) is 26.3 Å². The van der Waals surface area contributed by atoms with E-state index in [-0.39, 0.29) is 0 Å². The first-order valence-corrected chi connectivity index (χ1v) is 4.62. The number of rotatable bonds is 3. The molecule has 0 saturated heterocycles. The van der Waals surface area contributed by atoms with Crippen LogP contribution >= 0.6 is 0 Å². The first-order valence-electron chi connectivity index (χ1n) is 4.62. The number of hydrogen-bond donors (Lipinski definition) is 1. The number of aromatic nitrogens is 1. The first kappa shape index (κ1) is 14.4. The number of nitrogens with two attached hydrogens (primary N) is 1. The number of nitrogen functional groups attached to an aromatic ring is 1. The van der Waals surface area contributed by atoms with Crippen LogP contribution in [0.2, 0.25) is 0 Å². The molecule has 2 N–H and O–H groups in total. The Balaban J connectivity index is 2.75. The van der Waals surface area contributed by atoms with Crippen LogP contribution in [0.4, 0.5) is 32.2 Å². The molecule has 1 aromatic rings.